The lowest BCUT2D eigenvalue weighted by atomic mass is 10.0. The van der Waals surface area contributed by atoms with Gasteiger partial charge in [0.05, 0.1) is 12.7 Å². The number of rotatable bonds is 4. The van der Waals surface area contributed by atoms with E-state index in [4.69, 9.17) is 16.3 Å². The molecule has 0 atom stereocenters. The molecular weight excluding hydrogens is 288 g/mol. The van der Waals surface area contributed by atoms with E-state index in [1.54, 1.807) is 20.1 Å². The number of benzene rings is 2. The first-order chi connectivity index (χ1) is 10.0. The van der Waals surface area contributed by atoms with Gasteiger partial charge in [-0.2, -0.15) is 0 Å². The number of hydrogen-bond donors (Lipinski definition) is 1. The summed E-state index contributed by atoms with van der Waals surface area (Å²) in [6.07, 6.45) is 1.75. The van der Waals surface area contributed by atoms with Crippen LogP contribution < -0.4 is 4.74 Å². The van der Waals surface area contributed by atoms with Gasteiger partial charge in [0, 0.05) is 5.02 Å². The van der Waals surface area contributed by atoms with Crippen LogP contribution in [0.2, 0.25) is 5.02 Å². The molecule has 4 heteroatoms. The topological polar surface area (TPSA) is 46.5 Å². The lowest BCUT2D eigenvalue weighted by molar-refractivity contribution is 0.103. The minimum atomic E-state index is -0.259. The lowest BCUT2D eigenvalue weighted by Gasteiger charge is -2.05. The van der Waals surface area contributed by atoms with Gasteiger partial charge in [-0.1, -0.05) is 23.7 Å². The molecule has 2 aromatic rings. The lowest BCUT2D eigenvalue weighted by Crippen LogP contribution is -2.01. The number of carbonyl (C=O) groups excluding carboxylic acids is 1. The average molecular weight is 303 g/mol. The summed E-state index contributed by atoms with van der Waals surface area (Å²) in [6, 6.07) is 11.8. The molecule has 21 heavy (non-hydrogen) atoms. The van der Waals surface area contributed by atoms with Crippen molar-refractivity contribution in [2.75, 3.05) is 7.11 Å². The van der Waals surface area contributed by atoms with Crippen LogP contribution in [-0.2, 0) is 0 Å². The van der Waals surface area contributed by atoms with Crippen LogP contribution in [0.5, 0.6) is 11.5 Å². The van der Waals surface area contributed by atoms with Gasteiger partial charge in [-0.05, 0) is 54.5 Å². The van der Waals surface area contributed by atoms with E-state index in [-0.39, 0.29) is 17.1 Å². The molecule has 0 saturated heterocycles. The van der Waals surface area contributed by atoms with Crippen molar-refractivity contribution in [1.29, 1.82) is 0 Å². The number of allylic oxidation sites excluding steroid dienone is 1. The smallest absolute Gasteiger partial charge is 0.192 e. The summed E-state index contributed by atoms with van der Waals surface area (Å²) in [7, 11) is 1.60. The molecule has 0 amide bonds. The van der Waals surface area contributed by atoms with E-state index < -0.39 is 0 Å². The first kappa shape index (κ1) is 15.1. The van der Waals surface area contributed by atoms with Gasteiger partial charge in [0.25, 0.3) is 0 Å². The van der Waals surface area contributed by atoms with Crippen LogP contribution in [-0.4, -0.2) is 18.0 Å². The number of phenols is 1. The van der Waals surface area contributed by atoms with Crippen molar-refractivity contribution in [3.05, 3.63) is 64.2 Å². The Bertz CT molecular complexity index is 688. The fourth-order valence-corrected chi connectivity index (χ4v) is 2.09. The molecule has 0 aromatic heterocycles. The van der Waals surface area contributed by atoms with Gasteiger partial charge < -0.3 is 9.84 Å². The third kappa shape index (κ3) is 3.64. The largest absolute Gasteiger partial charge is 0.507 e. The number of Topliss-reactive ketones (excluding diaryl/α,β-unsaturated/α-hetero) is 1. The van der Waals surface area contributed by atoms with Crippen LogP contribution in [0, 0.1) is 0 Å². The Kier molecular flexibility index (Phi) is 4.66. The van der Waals surface area contributed by atoms with Gasteiger partial charge in [0.15, 0.2) is 5.78 Å². The monoisotopic (exact) mass is 302 g/mol. The summed E-state index contributed by atoms with van der Waals surface area (Å²) < 4.78 is 5.08. The van der Waals surface area contributed by atoms with Crippen molar-refractivity contribution in [3.63, 3.8) is 0 Å². The Morgan fingerprint density at radius 3 is 2.48 bits per heavy atom. The number of methoxy groups -OCH3 is 1. The van der Waals surface area contributed by atoms with Crippen LogP contribution in [0.15, 0.2) is 48.0 Å². The standard InChI is InChI=1S/C17H15ClO3/c1-11(9-12-3-6-14(21-2)7-4-12)17(20)15-10-13(18)5-8-16(15)19/h3-10,19H,1-2H3. The van der Waals surface area contributed by atoms with E-state index in [0.29, 0.717) is 10.6 Å². The van der Waals surface area contributed by atoms with Gasteiger partial charge >= 0.3 is 0 Å². The second kappa shape index (κ2) is 6.46. The third-order valence-corrected chi connectivity index (χ3v) is 3.30. The van der Waals surface area contributed by atoms with Crippen LogP contribution in [0.4, 0.5) is 0 Å². The molecule has 0 spiro atoms. The number of hydrogen-bond acceptors (Lipinski definition) is 3. The maximum atomic E-state index is 12.3. The zero-order chi connectivity index (χ0) is 15.4. The number of ether oxygens (including phenoxy) is 1. The first-order valence-electron chi connectivity index (χ1n) is 6.37. The third-order valence-electron chi connectivity index (χ3n) is 3.06. The van der Waals surface area contributed by atoms with Gasteiger partial charge in [0.2, 0.25) is 0 Å². The van der Waals surface area contributed by atoms with E-state index in [1.807, 2.05) is 24.3 Å². The molecule has 0 aliphatic rings. The second-order valence-corrected chi connectivity index (χ2v) is 5.03. The predicted molar refractivity (Wildman–Crippen MR) is 84.1 cm³/mol. The molecule has 3 nitrogen and oxygen atoms in total. The average Bonchev–Trinajstić information content (AvgIpc) is 2.49. The molecular formula is C17H15ClO3. The van der Waals surface area contributed by atoms with Gasteiger partial charge in [-0.3, -0.25) is 4.79 Å². The SMILES string of the molecule is COc1ccc(C=C(C)C(=O)c2cc(Cl)ccc2O)cc1. The van der Waals surface area contributed by atoms with E-state index in [2.05, 4.69) is 0 Å². The molecule has 2 rings (SSSR count). The number of ketones is 1. The molecule has 0 aliphatic heterocycles. The number of aromatic hydroxyl groups is 1. The Morgan fingerprint density at radius 2 is 1.86 bits per heavy atom. The highest BCUT2D eigenvalue weighted by molar-refractivity contribution is 6.31. The predicted octanol–water partition coefficient (Wildman–Crippen LogP) is 4.34. The van der Waals surface area contributed by atoms with Gasteiger partial charge in [-0.25, -0.2) is 0 Å². The Labute approximate surface area is 128 Å². The van der Waals surface area contributed by atoms with Crippen LogP contribution in [0.25, 0.3) is 6.08 Å². The summed E-state index contributed by atoms with van der Waals surface area (Å²) in [5.74, 6) is 0.418. The maximum absolute atomic E-state index is 12.3. The molecule has 0 unspecified atom stereocenters. The normalized spacial score (nSPS) is 11.3. The summed E-state index contributed by atoms with van der Waals surface area (Å²) in [4.78, 5) is 12.3. The fourth-order valence-electron chi connectivity index (χ4n) is 1.92. The molecule has 108 valence electrons. The first-order valence-corrected chi connectivity index (χ1v) is 6.74. The Morgan fingerprint density at radius 1 is 1.19 bits per heavy atom. The van der Waals surface area contributed by atoms with Crippen molar-refractivity contribution in [1.82, 2.24) is 0 Å². The Balaban J connectivity index is 2.29. The molecule has 2 aromatic carbocycles. The highest BCUT2D eigenvalue weighted by Crippen LogP contribution is 2.25. The summed E-state index contributed by atoms with van der Waals surface area (Å²) >= 11 is 5.86. The number of carbonyl (C=O) groups is 1. The number of halogens is 1. The Hall–Kier alpha value is -2.26. The van der Waals surface area contributed by atoms with E-state index in [9.17, 15) is 9.90 Å². The summed E-state index contributed by atoms with van der Waals surface area (Å²) in [5, 5.41) is 10.2. The highest BCUT2D eigenvalue weighted by Gasteiger charge is 2.13. The van der Waals surface area contributed by atoms with E-state index in [0.717, 1.165) is 11.3 Å². The van der Waals surface area contributed by atoms with Crippen molar-refractivity contribution in [2.24, 2.45) is 0 Å². The van der Waals surface area contributed by atoms with Gasteiger partial charge in [0.1, 0.15) is 11.5 Å². The summed E-state index contributed by atoms with van der Waals surface area (Å²) in [5.41, 5.74) is 1.59. The van der Waals surface area contributed by atoms with E-state index >= 15 is 0 Å². The number of phenolic OH excluding ortho intramolecular Hbond substituents is 1. The van der Waals surface area contributed by atoms with Crippen molar-refractivity contribution in [3.8, 4) is 11.5 Å². The van der Waals surface area contributed by atoms with Crippen LogP contribution in [0.3, 0.4) is 0 Å². The minimum absolute atomic E-state index is 0.0770. The van der Waals surface area contributed by atoms with Crippen LogP contribution in [0.1, 0.15) is 22.8 Å². The molecule has 0 bridgehead atoms. The molecule has 0 radical (unpaired) electrons. The minimum Gasteiger partial charge on any atom is -0.507 e. The van der Waals surface area contributed by atoms with E-state index in [1.165, 1.54) is 18.2 Å². The molecule has 0 fully saturated rings. The maximum Gasteiger partial charge on any atom is 0.192 e. The second-order valence-electron chi connectivity index (χ2n) is 4.59. The van der Waals surface area contributed by atoms with Crippen molar-refractivity contribution in [2.45, 2.75) is 6.92 Å². The zero-order valence-electron chi connectivity index (χ0n) is 11.8. The van der Waals surface area contributed by atoms with Crippen molar-refractivity contribution < 1.29 is 14.6 Å². The quantitative estimate of drug-likeness (QED) is 0.675. The molecule has 0 aliphatic carbocycles. The highest BCUT2D eigenvalue weighted by atomic mass is 35.5. The van der Waals surface area contributed by atoms with Crippen molar-refractivity contribution >= 4 is 23.5 Å². The zero-order valence-corrected chi connectivity index (χ0v) is 12.5. The van der Waals surface area contributed by atoms with Crippen LogP contribution >= 0.6 is 11.6 Å². The molecule has 1 N–H and O–H groups in total. The molecule has 0 heterocycles. The van der Waals surface area contributed by atoms with Gasteiger partial charge in [-0.15, -0.1) is 0 Å². The fraction of sp³-hybridized carbons (Fsp3) is 0.118. The molecule has 0 saturated carbocycles. The summed E-state index contributed by atoms with van der Waals surface area (Å²) in [6.45, 7) is 1.70.